The lowest BCUT2D eigenvalue weighted by atomic mass is 10.0. The molecular weight excluding hydrogens is 288 g/mol. The molecule has 2 aromatic rings. The molecule has 5 heteroatoms. The van der Waals surface area contributed by atoms with Gasteiger partial charge in [-0.25, -0.2) is 4.79 Å². The molecule has 23 heavy (non-hydrogen) atoms. The van der Waals surface area contributed by atoms with Crippen LogP contribution in [0.25, 0.3) is 0 Å². The number of benzene rings is 1. The third-order valence-electron chi connectivity index (χ3n) is 3.72. The Balaban J connectivity index is 1.86. The minimum absolute atomic E-state index is 0.139. The second-order valence-corrected chi connectivity index (χ2v) is 5.81. The molecule has 0 radical (unpaired) electrons. The Bertz CT molecular complexity index is 611. The van der Waals surface area contributed by atoms with Crippen molar-refractivity contribution in [3.05, 3.63) is 65.5 Å². The number of urea groups is 1. The summed E-state index contributed by atoms with van der Waals surface area (Å²) in [7, 11) is 4.03. The van der Waals surface area contributed by atoms with Crippen LogP contribution in [0.4, 0.5) is 4.79 Å². The normalized spacial score (nSPS) is 12.0. The molecule has 1 heterocycles. The molecule has 0 aliphatic heterocycles. The zero-order chi connectivity index (χ0) is 16.7. The number of amides is 2. The van der Waals surface area contributed by atoms with E-state index in [2.05, 4.69) is 51.7 Å². The standard InChI is InChI=1S/C18H24N4O/c1-14-6-8-16(9-7-14)17(22(2)3)13-21-18(23)20-12-15-5-4-10-19-11-15/h4-11,17H,12-13H2,1-3H3,(H2,20,21,23)/t17-/m1/s1. The first kappa shape index (κ1) is 17.0. The van der Waals surface area contributed by atoms with Crippen LogP contribution in [0.2, 0.25) is 0 Å². The van der Waals surface area contributed by atoms with Crippen molar-refractivity contribution in [1.29, 1.82) is 0 Å². The predicted octanol–water partition coefficient (Wildman–Crippen LogP) is 2.49. The largest absolute Gasteiger partial charge is 0.336 e. The first-order chi connectivity index (χ1) is 11.1. The van der Waals surface area contributed by atoms with Crippen LogP contribution < -0.4 is 10.6 Å². The van der Waals surface area contributed by atoms with Gasteiger partial charge in [0.2, 0.25) is 0 Å². The topological polar surface area (TPSA) is 57.3 Å². The van der Waals surface area contributed by atoms with E-state index in [1.165, 1.54) is 11.1 Å². The number of pyridine rings is 1. The number of aryl methyl sites for hydroxylation is 1. The molecule has 0 spiro atoms. The number of hydrogen-bond acceptors (Lipinski definition) is 3. The smallest absolute Gasteiger partial charge is 0.315 e. The van der Waals surface area contributed by atoms with Gasteiger partial charge in [0.15, 0.2) is 0 Å². The number of hydrogen-bond donors (Lipinski definition) is 2. The maximum absolute atomic E-state index is 12.0. The van der Waals surface area contributed by atoms with Gasteiger partial charge in [0.25, 0.3) is 0 Å². The summed E-state index contributed by atoms with van der Waals surface area (Å²) >= 11 is 0. The van der Waals surface area contributed by atoms with Gasteiger partial charge in [0.05, 0.1) is 6.04 Å². The van der Waals surface area contributed by atoms with E-state index in [1.807, 2.05) is 26.2 Å². The summed E-state index contributed by atoms with van der Waals surface area (Å²) < 4.78 is 0. The number of carbonyl (C=O) groups is 1. The fourth-order valence-corrected chi connectivity index (χ4v) is 2.32. The molecule has 0 aliphatic rings. The fourth-order valence-electron chi connectivity index (χ4n) is 2.32. The van der Waals surface area contributed by atoms with Crippen molar-refractivity contribution >= 4 is 6.03 Å². The van der Waals surface area contributed by atoms with Gasteiger partial charge in [-0.1, -0.05) is 35.9 Å². The fraction of sp³-hybridized carbons (Fsp3) is 0.333. The number of likely N-dealkylation sites (N-methyl/N-ethyl adjacent to an activating group) is 1. The van der Waals surface area contributed by atoms with Crippen LogP contribution in [0, 0.1) is 6.92 Å². The second kappa shape index (κ2) is 8.29. The van der Waals surface area contributed by atoms with Crippen molar-refractivity contribution in [3.8, 4) is 0 Å². The molecule has 0 saturated heterocycles. The Labute approximate surface area is 137 Å². The van der Waals surface area contributed by atoms with Crippen LogP contribution in [-0.2, 0) is 6.54 Å². The average Bonchev–Trinajstić information content (AvgIpc) is 2.55. The SMILES string of the molecule is Cc1ccc([C@@H](CNC(=O)NCc2cccnc2)N(C)C)cc1. The molecule has 0 bridgehead atoms. The molecular formula is C18H24N4O. The van der Waals surface area contributed by atoms with E-state index < -0.39 is 0 Å². The minimum Gasteiger partial charge on any atom is -0.336 e. The van der Waals surface area contributed by atoms with E-state index >= 15 is 0 Å². The van der Waals surface area contributed by atoms with Gasteiger partial charge in [0.1, 0.15) is 0 Å². The summed E-state index contributed by atoms with van der Waals surface area (Å²) in [6, 6.07) is 12.1. The Kier molecular flexibility index (Phi) is 6.11. The molecule has 2 N–H and O–H groups in total. The van der Waals surface area contributed by atoms with Gasteiger partial charge < -0.3 is 15.5 Å². The van der Waals surface area contributed by atoms with Gasteiger partial charge in [-0.15, -0.1) is 0 Å². The third-order valence-corrected chi connectivity index (χ3v) is 3.72. The van der Waals surface area contributed by atoms with Crippen LogP contribution in [-0.4, -0.2) is 36.6 Å². The van der Waals surface area contributed by atoms with Crippen LogP contribution in [0.3, 0.4) is 0 Å². The number of aromatic nitrogens is 1. The summed E-state index contributed by atoms with van der Waals surface area (Å²) in [5, 5.41) is 5.78. The molecule has 0 fully saturated rings. The Hall–Kier alpha value is -2.40. The molecule has 0 aliphatic carbocycles. The molecule has 2 amide bonds. The van der Waals surface area contributed by atoms with Crippen molar-refractivity contribution in [2.24, 2.45) is 0 Å². The highest BCUT2D eigenvalue weighted by Gasteiger charge is 2.15. The van der Waals surface area contributed by atoms with E-state index in [0.717, 1.165) is 5.56 Å². The first-order valence-corrected chi connectivity index (χ1v) is 7.70. The van der Waals surface area contributed by atoms with Crippen LogP contribution in [0.15, 0.2) is 48.8 Å². The van der Waals surface area contributed by atoms with Crippen LogP contribution in [0.5, 0.6) is 0 Å². The molecule has 1 aromatic carbocycles. The van der Waals surface area contributed by atoms with Gasteiger partial charge in [0, 0.05) is 25.5 Å². The Morgan fingerprint density at radius 1 is 1.17 bits per heavy atom. The maximum Gasteiger partial charge on any atom is 0.315 e. The quantitative estimate of drug-likeness (QED) is 0.861. The lowest BCUT2D eigenvalue weighted by Gasteiger charge is -2.25. The summed E-state index contributed by atoms with van der Waals surface area (Å²) in [6.45, 7) is 3.09. The number of carbonyl (C=O) groups excluding carboxylic acids is 1. The highest BCUT2D eigenvalue weighted by atomic mass is 16.2. The maximum atomic E-state index is 12.0. The van der Waals surface area contributed by atoms with E-state index in [1.54, 1.807) is 12.4 Å². The molecule has 0 saturated carbocycles. The highest BCUT2D eigenvalue weighted by Crippen LogP contribution is 2.17. The minimum atomic E-state index is -0.173. The second-order valence-electron chi connectivity index (χ2n) is 5.81. The highest BCUT2D eigenvalue weighted by molar-refractivity contribution is 5.73. The predicted molar refractivity (Wildman–Crippen MR) is 92.1 cm³/mol. The number of nitrogens with zero attached hydrogens (tertiary/aromatic N) is 2. The summed E-state index contributed by atoms with van der Waals surface area (Å²) in [4.78, 5) is 18.1. The van der Waals surface area contributed by atoms with Gasteiger partial charge in [-0.3, -0.25) is 4.98 Å². The Morgan fingerprint density at radius 2 is 1.91 bits per heavy atom. The number of nitrogens with one attached hydrogen (secondary N) is 2. The summed E-state index contributed by atoms with van der Waals surface area (Å²) in [5.41, 5.74) is 3.40. The monoisotopic (exact) mass is 312 g/mol. The van der Waals surface area contributed by atoms with Gasteiger partial charge in [-0.05, 0) is 38.2 Å². The van der Waals surface area contributed by atoms with Crippen molar-refractivity contribution in [2.45, 2.75) is 19.5 Å². The molecule has 122 valence electrons. The van der Waals surface area contributed by atoms with Gasteiger partial charge >= 0.3 is 6.03 Å². The molecule has 1 atom stereocenters. The van der Waals surface area contributed by atoms with E-state index in [4.69, 9.17) is 0 Å². The first-order valence-electron chi connectivity index (χ1n) is 7.70. The van der Waals surface area contributed by atoms with Crippen molar-refractivity contribution in [1.82, 2.24) is 20.5 Å². The summed E-state index contributed by atoms with van der Waals surface area (Å²) in [6.07, 6.45) is 3.46. The lowest BCUT2D eigenvalue weighted by Crippen LogP contribution is -2.40. The van der Waals surface area contributed by atoms with Crippen molar-refractivity contribution < 1.29 is 4.79 Å². The average molecular weight is 312 g/mol. The van der Waals surface area contributed by atoms with E-state index in [0.29, 0.717) is 13.1 Å². The summed E-state index contributed by atoms with van der Waals surface area (Å²) in [5.74, 6) is 0. The molecule has 5 nitrogen and oxygen atoms in total. The lowest BCUT2D eigenvalue weighted by molar-refractivity contribution is 0.232. The zero-order valence-corrected chi connectivity index (χ0v) is 13.9. The van der Waals surface area contributed by atoms with E-state index in [-0.39, 0.29) is 12.1 Å². The van der Waals surface area contributed by atoms with Crippen molar-refractivity contribution in [3.63, 3.8) is 0 Å². The molecule has 1 aromatic heterocycles. The zero-order valence-electron chi connectivity index (χ0n) is 13.9. The van der Waals surface area contributed by atoms with Crippen molar-refractivity contribution in [2.75, 3.05) is 20.6 Å². The molecule has 2 rings (SSSR count). The van der Waals surface area contributed by atoms with Gasteiger partial charge in [-0.2, -0.15) is 0 Å². The third kappa shape index (κ3) is 5.38. The molecule has 0 unspecified atom stereocenters. The van der Waals surface area contributed by atoms with E-state index in [9.17, 15) is 4.79 Å². The number of rotatable bonds is 6. The van der Waals surface area contributed by atoms with Crippen LogP contribution >= 0.6 is 0 Å². The Morgan fingerprint density at radius 3 is 2.52 bits per heavy atom. The van der Waals surface area contributed by atoms with Crippen LogP contribution in [0.1, 0.15) is 22.7 Å².